The van der Waals surface area contributed by atoms with Crippen LogP contribution in [0.5, 0.6) is 0 Å². The molecule has 27 heavy (non-hydrogen) atoms. The lowest BCUT2D eigenvalue weighted by atomic mass is 10.2. The van der Waals surface area contributed by atoms with Crippen molar-refractivity contribution in [1.29, 1.82) is 0 Å². The molecule has 7 heteroatoms. The van der Waals surface area contributed by atoms with Crippen molar-refractivity contribution in [2.75, 3.05) is 32.1 Å². The van der Waals surface area contributed by atoms with E-state index in [0.717, 1.165) is 43.4 Å². The smallest absolute Gasteiger partial charge is 0.191 e. The topological polar surface area (TPSA) is 69.8 Å². The van der Waals surface area contributed by atoms with Crippen LogP contribution in [0.1, 0.15) is 18.7 Å². The van der Waals surface area contributed by atoms with Gasteiger partial charge in [-0.2, -0.15) is 0 Å². The molecule has 3 rings (SSSR count). The van der Waals surface area contributed by atoms with Gasteiger partial charge in [-0.3, -0.25) is 9.39 Å². The van der Waals surface area contributed by atoms with E-state index in [-0.39, 0.29) is 0 Å². The summed E-state index contributed by atoms with van der Waals surface area (Å²) in [6.45, 7) is 2.48. The molecule has 0 spiro atoms. The van der Waals surface area contributed by atoms with E-state index >= 15 is 0 Å². The molecule has 0 saturated heterocycles. The van der Waals surface area contributed by atoms with Gasteiger partial charge >= 0.3 is 0 Å². The molecule has 0 unspecified atom stereocenters. The summed E-state index contributed by atoms with van der Waals surface area (Å²) < 4.78 is 1.97. The second-order valence-electron chi connectivity index (χ2n) is 6.36. The molecule has 2 N–H and O–H groups in total. The van der Waals surface area contributed by atoms with Gasteiger partial charge in [-0.15, -0.1) is 10.2 Å². The van der Waals surface area contributed by atoms with Crippen LogP contribution >= 0.6 is 0 Å². The number of anilines is 1. The molecule has 0 saturated carbocycles. The first-order valence-electron chi connectivity index (χ1n) is 9.27. The molecular weight excluding hydrogens is 338 g/mol. The molecule has 0 bridgehead atoms. The van der Waals surface area contributed by atoms with Crippen LogP contribution < -0.4 is 15.5 Å². The Kier molecular flexibility index (Phi) is 6.62. The van der Waals surface area contributed by atoms with E-state index in [1.807, 2.05) is 34.9 Å². The van der Waals surface area contributed by atoms with E-state index in [9.17, 15) is 0 Å². The lowest BCUT2D eigenvalue weighted by Gasteiger charge is -2.19. The molecule has 2 heterocycles. The summed E-state index contributed by atoms with van der Waals surface area (Å²) in [5, 5.41) is 15.0. The quantitative estimate of drug-likeness (QED) is 0.364. The molecule has 0 aliphatic heterocycles. The third kappa shape index (κ3) is 5.20. The Hall–Kier alpha value is -3.09. The van der Waals surface area contributed by atoms with Crippen molar-refractivity contribution < 1.29 is 0 Å². The molecule has 0 fully saturated rings. The molecule has 2 aromatic heterocycles. The zero-order valence-electron chi connectivity index (χ0n) is 16.0. The Morgan fingerprint density at radius 1 is 1.04 bits per heavy atom. The van der Waals surface area contributed by atoms with Gasteiger partial charge in [0.1, 0.15) is 0 Å². The van der Waals surface area contributed by atoms with Gasteiger partial charge in [0.25, 0.3) is 0 Å². The number of guanidine groups is 1. The van der Waals surface area contributed by atoms with Gasteiger partial charge in [-0.25, -0.2) is 0 Å². The first kappa shape index (κ1) is 18.7. The number of benzene rings is 1. The molecule has 3 aromatic rings. The highest BCUT2D eigenvalue weighted by Crippen LogP contribution is 2.11. The molecule has 0 amide bonds. The summed E-state index contributed by atoms with van der Waals surface area (Å²) in [6, 6.07) is 16.3. The van der Waals surface area contributed by atoms with E-state index in [1.54, 1.807) is 7.05 Å². The number of hydrogen-bond acceptors (Lipinski definition) is 4. The number of pyridine rings is 1. The predicted molar refractivity (Wildman–Crippen MR) is 110 cm³/mol. The fraction of sp³-hybridized carbons (Fsp3) is 0.350. The second kappa shape index (κ2) is 9.56. The van der Waals surface area contributed by atoms with Crippen molar-refractivity contribution in [1.82, 2.24) is 25.2 Å². The van der Waals surface area contributed by atoms with Crippen LogP contribution in [0.4, 0.5) is 5.69 Å². The average Bonchev–Trinajstić information content (AvgIpc) is 3.13. The van der Waals surface area contributed by atoms with E-state index in [1.165, 1.54) is 5.69 Å². The van der Waals surface area contributed by atoms with Crippen LogP contribution in [0.2, 0.25) is 0 Å². The second-order valence-corrected chi connectivity index (χ2v) is 6.36. The molecule has 7 nitrogen and oxygen atoms in total. The maximum absolute atomic E-state index is 4.27. The van der Waals surface area contributed by atoms with Crippen LogP contribution in [0.25, 0.3) is 5.65 Å². The van der Waals surface area contributed by atoms with Crippen molar-refractivity contribution >= 4 is 17.3 Å². The normalized spacial score (nSPS) is 11.6. The monoisotopic (exact) mass is 365 g/mol. The molecule has 142 valence electrons. The number of para-hydroxylation sites is 1. The molecule has 0 radical (unpaired) electrons. The van der Waals surface area contributed by atoms with Gasteiger partial charge in [0.15, 0.2) is 17.4 Å². The third-order valence-electron chi connectivity index (χ3n) is 4.43. The fourth-order valence-corrected chi connectivity index (χ4v) is 2.89. The standard InChI is InChI=1S/C20H27N7/c1-21-20(23-16-19-25-24-18-12-6-8-15-27(18)19)22-13-7-9-14-26(2)17-10-4-3-5-11-17/h3-6,8,10-12,15H,7,9,13-14,16H2,1-2H3,(H2,21,22,23). The highest BCUT2D eigenvalue weighted by atomic mass is 15.3. The summed E-state index contributed by atoms with van der Waals surface area (Å²) in [4.78, 5) is 6.56. The Labute approximate surface area is 160 Å². The minimum absolute atomic E-state index is 0.571. The highest BCUT2D eigenvalue weighted by molar-refractivity contribution is 5.79. The van der Waals surface area contributed by atoms with Crippen LogP contribution in [-0.2, 0) is 6.54 Å². The SMILES string of the molecule is CN=C(NCCCCN(C)c1ccccc1)NCc1nnc2ccccn12. The zero-order chi connectivity index (χ0) is 18.9. The summed E-state index contributed by atoms with van der Waals surface area (Å²) in [7, 11) is 3.91. The van der Waals surface area contributed by atoms with Crippen molar-refractivity contribution in [3.8, 4) is 0 Å². The lowest BCUT2D eigenvalue weighted by Crippen LogP contribution is -2.37. The highest BCUT2D eigenvalue weighted by Gasteiger charge is 2.05. The molecular formula is C20H27N7. The van der Waals surface area contributed by atoms with Gasteiger partial charge in [0.05, 0.1) is 6.54 Å². The van der Waals surface area contributed by atoms with Gasteiger partial charge in [-0.05, 0) is 37.1 Å². The van der Waals surface area contributed by atoms with Gasteiger partial charge in [0.2, 0.25) is 0 Å². The van der Waals surface area contributed by atoms with Crippen molar-refractivity contribution in [3.63, 3.8) is 0 Å². The van der Waals surface area contributed by atoms with Crippen LogP contribution in [0.15, 0.2) is 59.7 Å². The van der Waals surface area contributed by atoms with Gasteiger partial charge in [-0.1, -0.05) is 24.3 Å². The van der Waals surface area contributed by atoms with E-state index in [0.29, 0.717) is 6.54 Å². The number of fused-ring (bicyclic) bond motifs is 1. The molecule has 0 aliphatic rings. The minimum Gasteiger partial charge on any atom is -0.375 e. The summed E-state index contributed by atoms with van der Waals surface area (Å²) in [5.41, 5.74) is 2.10. The number of nitrogens with zero attached hydrogens (tertiary/aromatic N) is 5. The van der Waals surface area contributed by atoms with Crippen molar-refractivity contribution in [3.05, 3.63) is 60.6 Å². The number of hydrogen-bond donors (Lipinski definition) is 2. The van der Waals surface area contributed by atoms with E-state index in [4.69, 9.17) is 0 Å². The number of nitrogens with one attached hydrogen (secondary N) is 2. The van der Waals surface area contributed by atoms with Crippen molar-refractivity contribution in [2.45, 2.75) is 19.4 Å². The largest absolute Gasteiger partial charge is 0.375 e. The van der Waals surface area contributed by atoms with Crippen LogP contribution in [-0.4, -0.2) is 47.7 Å². The molecule has 0 atom stereocenters. The first-order valence-corrected chi connectivity index (χ1v) is 9.27. The van der Waals surface area contributed by atoms with Gasteiger partial charge in [0, 0.05) is 39.1 Å². The number of rotatable bonds is 8. The number of unbranched alkanes of at least 4 members (excludes halogenated alkanes) is 1. The summed E-state index contributed by atoms with van der Waals surface area (Å²) in [5.74, 6) is 1.64. The van der Waals surface area contributed by atoms with E-state index < -0.39 is 0 Å². The Morgan fingerprint density at radius 2 is 1.85 bits per heavy atom. The summed E-state index contributed by atoms with van der Waals surface area (Å²) >= 11 is 0. The fourth-order valence-electron chi connectivity index (χ4n) is 2.89. The number of aromatic nitrogens is 3. The van der Waals surface area contributed by atoms with Crippen LogP contribution in [0, 0.1) is 0 Å². The van der Waals surface area contributed by atoms with Crippen molar-refractivity contribution in [2.24, 2.45) is 4.99 Å². The molecule has 1 aromatic carbocycles. The Balaban J connectivity index is 1.37. The zero-order valence-corrected chi connectivity index (χ0v) is 16.0. The average molecular weight is 365 g/mol. The Bertz CT molecular complexity index is 857. The third-order valence-corrected chi connectivity index (χ3v) is 4.43. The maximum Gasteiger partial charge on any atom is 0.191 e. The van der Waals surface area contributed by atoms with E-state index in [2.05, 4.69) is 62.0 Å². The first-order chi connectivity index (χ1) is 13.3. The van der Waals surface area contributed by atoms with Crippen LogP contribution in [0.3, 0.4) is 0 Å². The lowest BCUT2D eigenvalue weighted by molar-refractivity contribution is 0.682. The summed E-state index contributed by atoms with van der Waals surface area (Å²) in [6.07, 6.45) is 4.15. The molecule has 0 aliphatic carbocycles. The number of aliphatic imine (C=N–C) groups is 1. The minimum atomic E-state index is 0.571. The Morgan fingerprint density at radius 3 is 2.67 bits per heavy atom. The van der Waals surface area contributed by atoms with Gasteiger partial charge < -0.3 is 15.5 Å². The maximum atomic E-state index is 4.27. The predicted octanol–water partition coefficient (Wildman–Crippen LogP) is 2.31.